The number of carbonyl (C=O) groups excluding carboxylic acids is 6. The van der Waals surface area contributed by atoms with Gasteiger partial charge in [-0.05, 0) is 55.4 Å². The maximum absolute atomic E-state index is 13.3. The molecule has 61 heavy (non-hydrogen) atoms. The zero-order valence-corrected chi connectivity index (χ0v) is 35.7. The molecular weight excluding hydrogens is 787 g/mol. The molecule has 1 unspecified atom stereocenters. The van der Waals surface area contributed by atoms with Crippen molar-refractivity contribution in [3.8, 4) is 11.8 Å². The number of carbonyl (C=O) groups is 6. The van der Waals surface area contributed by atoms with E-state index in [-0.39, 0.29) is 56.2 Å². The number of fused-ring (bicyclic) bond motifs is 2. The summed E-state index contributed by atoms with van der Waals surface area (Å²) in [6.45, 7) is 7.15. The highest BCUT2D eigenvalue weighted by atomic mass is 16.6. The van der Waals surface area contributed by atoms with Crippen LogP contribution in [0.25, 0.3) is 0 Å². The molecular formula is C44H63N7O10. The van der Waals surface area contributed by atoms with Gasteiger partial charge in [0.1, 0.15) is 12.1 Å². The van der Waals surface area contributed by atoms with Crippen LogP contribution >= 0.6 is 0 Å². The number of rotatable bonds is 29. The van der Waals surface area contributed by atoms with E-state index in [0.29, 0.717) is 84.8 Å². The first-order valence-electron chi connectivity index (χ1n) is 20.9. The Morgan fingerprint density at radius 3 is 1.95 bits per heavy atom. The monoisotopic (exact) mass is 849 g/mol. The average molecular weight is 850 g/mol. The number of nitrogens with two attached hydrogens (primary N) is 1. The third kappa shape index (κ3) is 19.6. The lowest BCUT2D eigenvalue weighted by Gasteiger charge is -2.26. The van der Waals surface area contributed by atoms with Crippen LogP contribution in [0, 0.1) is 17.8 Å². The number of ether oxygens (including phenoxy) is 4. The standard InChI is InChI=1S/C44H63N7O10/c1-32(2)41(43(56)49-36(42(55)46-3)14-10-21-48-44(45)57)50-39(53)20-23-58-25-27-60-29-30-61-28-26-59-24-22-47-38(52)16-8-9-17-40(54)51-31-35-13-5-4-11-33(35)18-19-34-12-6-7-15-37(34)51/h4-7,11-13,15,32,36,41H,8-10,14,16-17,20-31H2,1-3H3,(H,46,55)(H,47,52)(H,49,56)(H,50,53)(H3,45,48,57)/t36?,41-/m0/s1. The third-order valence-corrected chi connectivity index (χ3v) is 9.49. The number of primary amides is 1. The predicted octanol–water partition coefficient (Wildman–Crippen LogP) is 1.89. The Morgan fingerprint density at radius 2 is 1.28 bits per heavy atom. The van der Waals surface area contributed by atoms with Gasteiger partial charge in [0, 0.05) is 50.5 Å². The van der Waals surface area contributed by atoms with Crippen molar-refractivity contribution in [1.29, 1.82) is 0 Å². The summed E-state index contributed by atoms with van der Waals surface area (Å²) in [5.74, 6) is 4.86. The molecule has 2 aromatic rings. The van der Waals surface area contributed by atoms with Gasteiger partial charge in [-0.25, -0.2) is 4.79 Å². The Labute approximate surface area is 358 Å². The van der Waals surface area contributed by atoms with Crippen LogP contribution in [0.1, 0.15) is 75.5 Å². The van der Waals surface area contributed by atoms with E-state index in [1.54, 1.807) is 18.7 Å². The molecule has 0 saturated heterocycles. The highest BCUT2D eigenvalue weighted by Gasteiger charge is 2.28. The van der Waals surface area contributed by atoms with Gasteiger partial charge in [-0.2, -0.15) is 0 Å². The molecule has 0 radical (unpaired) electrons. The van der Waals surface area contributed by atoms with Crippen LogP contribution in [0.5, 0.6) is 0 Å². The van der Waals surface area contributed by atoms with Crippen LogP contribution in [0.4, 0.5) is 10.5 Å². The minimum absolute atomic E-state index is 0.00208. The number of anilines is 1. The van der Waals surface area contributed by atoms with Gasteiger partial charge in [-0.1, -0.05) is 56.0 Å². The Balaban J connectivity index is 1.15. The number of benzene rings is 2. The minimum atomic E-state index is -0.861. The molecule has 0 spiro atoms. The van der Waals surface area contributed by atoms with Crippen molar-refractivity contribution in [1.82, 2.24) is 26.6 Å². The van der Waals surface area contributed by atoms with Crippen LogP contribution < -0.4 is 37.2 Å². The van der Waals surface area contributed by atoms with E-state index in [1.807, 2.05) is 48.5 Å². The molecule has 334 valence electrons. The third-order valence-electron chi connectivity index (χ3n) is 9.49. The molecule has 17 nitrogen and oxygen atoms in total. The molecule has 17 heteroatoms. The van der Waals surface area contributed by atoms with Gasteiger partial charge in [-0.15, -0.1) is 0 Å². The van der Waals surface area contributed by atoms with Crippen LogP contribution in [0.15, 0.2) is 48.5 Å². The van der Waals surface area contributed by atoms with Gasteiger partial charge < -0.3 is 56.2 Å². The Morgan fingerprint density at radius 1 is 0.672 bits per heavy atom. The number of amides is 7. The summed E-state index contributed by atoms with van der Waals surface area (Å²) >= 11 is 0. The van der Waals surface area contributed by atoms with Gasteiger partial charge in [0.25, 0.3) is 0 Å². The molecule has 1 aliphatic heterocycles. The summed E-state index contributed by atoms with van der Waals surface area (Å²) in [4.78, 5) is 76.2. The lowest BCUT2D eigenvalue weighted by atomic mass is 10.0. The first-order valence-corrected chi connectivity index (χ1v) is 20.9. The Hall–Kier alpha value is -5.54. The van der Waals surface area contributed by atoms with Crippen LogP contribution in [-0.4, -0.2) is 121 Å². The van der Waals surface area contributed by atoms with E-state index >= 15 is 0 Å². The Bertz CT molecular complexity index is 1780. The summed E-state index contributed by atoms with van der Waals surface area (Å²) in [5.41, 5.74) is 8.60. The molecule has 0 aliphatic carbocycles. The first-order chi connectivity index (χ1) is 29.5. The normalized spacial score (nSPS) is 12.6. The second-order valence-electron chi connectivity index (χ2n) is 14.6. The summed E-state index contributed by atoms with van der Waals surface area (Å²) in [6, 6.07) is 13.2. The minimum Gasteiger partial charge on any atom is -0.379 e. The first kappa shape index (κ1) is 49.8. The number of hydrogen-bond acceptors (Lipinski definition) is 10. The number of nitrogens with zero attached hydrogens (tertiary/aromatic N) is 1. The van der Waals surface area contributed by atoms with Crippen molar-refractivity contribution < 1.29 is 47.7 Å². The van der Waals surface area contributed by atoms with E-state index in [2.05, 4.69) is 38.4 Å². The summed E-state index contributed by atoms with van der Waals surface area (Å²) in [7, 11) is 1.46. The lowest BCUT2D eigenvalue weighted by molar-refractivity contribution is -0.133. The van der Waals surface area contributed by atoms with E-state index in [1.165, 1.54) is 7.05 Å². The quantitative estimate of drug-likeness (QED) is 0.0515. The molecule has 7 amide bonds. The molecule has 7 N–H and O–H groups in total. The lowest BCUT2D eigenvalue weighted by Crippen LogP contribution is -2.55. The predicted molar refractivity (Wildman–Crippen MR) is 229 cm³/mol. The molecule has 1 aliphatic rings. The van der Waals surface area contributed by atoms with Crippen LogP contribution in [0.2, 0.25) is 0 Å². The average Bonchev–Trinajstić information content (AvgIpc) is 3.24. The highest BCUT2D eigenvalue weighted by molar-refractivity contribution is 5.95. The summed E-state index contributed by atoms with van der Waals surface area (Å²) in [5, 5.41) is 13.2. The summed E-state index contributed by atoms with van der Waals surface area (Å²) < 4.78 is 22.0. The molecule has 0 fully saturated rings. The maximum Gasteiger partial charge on any atom is 0.312 e. The van der Waals surface area contributed by atoms with E-state index < -0.39 is 29.9 Å². The number of hydrogen-bond donors (Lipinski definition) is 6. The smallest absolute Gasteiger partial charge is 0.312 e. The van der Waals surface area contributed by atoms with E-state index in [0.717, 1.165) is 22.4 Å². The fourth-order valence-electron chi connectivity index (χ4n) is 6.18. The van der Waals surface area contributed by atoms with Crippen LogP contribution in [-0.2, 0) is 49.5 Å². The summed E-state index contributed by atoms with van der Waals surface area (Å²) in [6.07, 6.45) is 2.55. The SMILES string of the molecule is CNC(=O)C(CCCNC(N)=O)NC(=O)[C@@H](NC(=O)CCOCCOCCOCCOCCNC(=O)CCCCC(=O)N1Cc2ccccc2C#Cc2ccccc21)C(C)C. The number of likely N-dealkylation sites (N-methyl/N-ethyl adjacent to an activating group) is 1. The molecule has 3 rings (SSSR count). The second kappa shape index (κ2) is 28.8. The van der Waals surface area contributed by atoms with Crippen molar-refractivity contribution in [3.63, 3.8) is 0 Å². The van der Waals surface area contributed by atoms with Gasteiger partial charge in [0.15, 0.2) is 0 Å². The van der Waals surface area contributed by atoms with E-state index in [9.17, 15) is 28.8 Å². The fourth-order valence-corrected chi connectivity index (χ4v) is 6.18. The number of nitrogens with one attached hydrogen (secondary N) is 5. The maximum atomic E-state index is 13.3. The van der Waals surface area contributed by atoms with Gasteiger partial charge in [-0.3, -0.25) is 24.0 Å². The second-order valence-corrected chi connectivity index (χ2v) is 14.6. The number of urea groups is 1. The van der Waals surface area contributed by atoms with Crippen molar-refractivity contribution >= 4 is 41.3 Å². The Kier molecular flexibility index (Phi) is 23.6. The van der Waals surface area contributed by atoms with Crippen LogP contribution in [0.3, 0.4) is 0 Å². The molecule has 2 aromatic carbocycles. The van der Waals surface area contributed by atoms with Crippen molar-refractivity contribution in [2.75, 3.05) is 77.9 Å². The van der Waals surface area contributed by atoms with Crippen molar-refractivity contribution in [2.45, 2.75) is 77.4 Å². The van der Waals surface area contributed by atoms with Gasteiger partial charge in [0.05, 0.1) is 65.1 Å². The van der Waals surface area contributed by atoms with Gasteiger partial charge in [0.2, 0.25) is 29.5 Å². The highest BCUT2D eigenvalue weighted by Crippen LogP contribution is 2.26. The molecule has 0 bridgehead atoms. The van der Waals surface area contributed by atoms with Crippen molar-refractivity contribution in [2.24, 2.45) is 11.7 Å². The molecule has 2 atom stereocenters. The number of unbranched alkanes of at least 4 members (excludes halogenated alkanes) is 1. The van der Waals surface area contributed by atoms with Crippen molar-refractivity contribution in [3.05, 3.63) is 65.2 Å². The molecule has 0 saturated carbocycles. The molecule has 1 heterocycles. The molecule has 0 aromatic heterocycles. The zero-order valence-electron chi connectivity index (χ0n) is 35.7. The van der Waals surface area contributed by atoms with E-state index in [4.69, 9.17) is 24.7 Å². The van der Waals surface area contributed by atoms with Gasteiger partial charge >= 0.3 is 6.03 Å². The fraction of sp³-hybridized carbons (Fsp3) is 0.545. The zero-order chi connectivity index (χ0) is 44.2. The topological polar surface area (TPSA) is 229 Å². The number of para-hydroxylation sites is 1. The largest absolute Gasteiger partial charge is 0.379 e.